The van der Waals surface area contributed by atoms with E-state index in [1.165, 1.54) is 21.9 Å². The van der Waals surface area contributed by atoms with Crippen LogP contribution in [0.4, 0.5) is 0 Å². The van der Waals surface area contributed by atoms with Gasteiger partial charge < -0.3 is 14.6 Å². The monoisotopic (exact) mass is 420 g/mol. The van der Waals surface area contributed by atoms with Crippen LogP contribution in [-0.2, 0) is 13.1 Å². The normalized spacial score (nSPS) is 17.7. The van der Waals surface area contributed by atoms with Crippen molar-refractivity contribution in [3.8, 4) is 11.5 Å². The zero-order valence-electron chi connectivity index (χ0n) is 18.5. The Balaban J connectivity index is 1.47. The highest BCUT2D eigenvalue weighted by atomic mass is 16.5. The highest BCUT2D eigenvalue weighted by Crippen LogP contribution is 2.26. The summed E-state index contributed by atoms with van der Waals surface area (Å²) in [5.41, 5.74) is 2.54. The van der Waals surface area contributed by atoms with E-state index in [1.807, 2.05) is 6.07 Å². The number of ether oxygens (including phenoxy) is 2. The zero-order chi connectivity index (χ0) is 21.6. The van der Waals surface area contributed by atoms with Crippen LogP contribution >= 0.6 is 0 Å². The summed E-state index contributed by atoms with van der Waals surface area (Å²) >= 11 is 0. The molecule has 0 amide bonds. The van der Waals surface area contributed by atoms with Gasteiger partial charge in [-0.3, -0.25) is 9.80 Å². The molecule has 4 rings (SSSR count). The van der Waals surface area contributed by atoms with Crippen LogP contribution in [0, 0.1) is 0 Å². The molecule has 3 aromatic rings. The first-order valence-corrected chi connectivity index (χ1v) is 11.0. The van der Waals surface area contributed by atoms with Gasteiger partial charge in [-0.2, -0.15) is 0 Å². The molecule has 0 unspecified atom stereocenters. The number of methoxy groups -OCH3 is 2. The number of piperazine rings is 1. The molecule has 1 fully saturated rings. The van der Waals surface area contributed by atoms with Gasteiger partial charge in [0.05, 0.1) is 14.2 Å². The average molecular weight is 421 g/mol. The minimum Gasteiger partial charge on any atom is -0.497 e. The molecule has 164 valence electrons. The third kappa shape index (κ3) is 5.18. The quantitative estimate of drug-likeness (QED) is 0.598. The molecule has 1 aliphatic heterocycles. The second-order valence-corrected chi connectivity index (χ2v) is 8.23. The topological polar surface area (TPSA) is 45.2 Å². The number of benzene rings is 3. The first-order valence-electron chi connectivity index (χ1n) is 11.0. The van der Waals surface area contributed by atoms with E-state index in [-0.39, 0.29) is 6.61 Å². The average Bonchev–Trinajstić information content (AvgIpc) is 2.81. The number of nitrogens with zero attached hydrogens (tertiary/aromatic N) is 2. The highest BCUT2D eigenvalue weighted by molar-refractivity contribution is 5.85. The van der Waals surface area contributed by atoms with E-state index < -0.39 is 0 Å². The fourth-order valence-corrected chi connectivity index (χ4v) is 4.60. The van der Waals surface area contributed by atoms with E-state index in [9.17, 15) is 5.11 Å². The molecule has 1 N–H and O–H groups in total. The molecular weight excluding hydrogens is 388 g/mol. The number of hydrogen-bond donors (Lipinski definition) is 1. The number of hydrogen-bond acceptors (Lipinski definition) is 5. The van der Waals surface area contributed by atoms with Gasteiger partial charge in [-0.05, 0) is 40.5 Å². The van der Waals surface area contributed by atoms with E-state index in [4.69, 9.17) is 9.47 Å². The molecule has 1 aliphatic rings. The van der Waals surface area contributed by atoms with Crippen molar-refractivity contribution in [2.24, 2.45) is 0 Å². The molecule has 0 spiro atoms. The maximum Gasteiger partial charge on any atom is 0.122 e. The third-order valence-electron chi connectivity index (χ3n) is 6.22. The SMILES string of the molecule is COc1cc(CN2CCN(Cc3cccc4ccccc34)C[C@@H]2CCO)cc(OC)c1. The van der Waals surface area contributed by atoms with Gasteiger partial charge in [0.25, 0.3) is 0 Å². The van der Waals surface area contributed by atoms with Crippen molar-refractivity contribution in [2.75, 3.05) is 40.5 Å². The van der Waals surface area contributed by atoms with Gasteiger partial charge in [0.1, 0.15) is 11.5 Å². The Morgan fingerprint density at radius 2 is 1.65 bits per heavy atom. The maximum absolute atomic E-state index is 9.70. The van der Waals surface area contributed by atoms with Crippen LogP contribution in [0.1, 0.15) is 17.5 Å². The van der Waals surface area contributed by atoms with Crippen LogP contribution in [0.15, 0.2) is 60.7 Å². The first kappa shape index (κ1) is 21.6. The van der Waals surface area contributed by atoms with Gasteiger partial charge in [-0.15, -0.1) is 0 Å². The van der Waals surface area contributed by atoms with E-state index in [0.717, 1.165) is 50.6 Å². The first-order chi connectivity index (χ1) is 15.2. The summed E-state index contributed by atoms with van der Waals surface area (Å²) in [4.78, 5) is 4.99. The number of fused-ring (bicyclic) bond motifs is 1. The van der Waals surface area contributed by atoms with Crippen molar-refractivity contribution in [1.29, 1.82) is 0 Å². The van der Waals surface area contributed by atoms with Crippen molar-refractivity contribution in [3.05, 3.63) is 71.8 Å². The van der Waals surface area contributed by atoms with Crippen LogP contribution in [-0.4, -0.2) is 61.4 Å². The molecule has 5 nitrogen and oxygen atoms in total. The Morgan fingerprint density at radius 3 is 2.39 bits per heavy atom. The molecular formula is C26H32N2O3. The van der Waals surface area contributed by atoms with Gasteiger partial charge >= 0.3 is 0 Å². The lowest BCUT2D eigenvalue weighted by molar-refractivity contribution is 0.0501. The maximum atomic E-state index is 9.70. The molecule has 0 aliphatic carbocycles. The van der Waals surface area contributed by atoms with Crippen molar-refractivity contribution in [2.45, 2.75) is 25.6 Å². The Labute approximate surface area is 184 Å². The second kappa shape index (κ2) is 10.1. The fourth-order valence-electron chi connectivity index (χ4n) is 4.60. The highest BCUT2D eigenvalue weighted by Gasteiger charge is 2.27. The molecule has 31 heavy (non-hydrogen) atoms. The predicted molar refractivity (Wildman–Crippen MR) is 125 cm³/mol. The van der Waals surface area contributed by atoms with E-state index in [1.54, 1.807) is 14.2 Å². The van der Waals surface area contributed by atoms with E-state index in [0.29, 0.717) is 6.04 Å². The van der Waals surface area contributed by atoms with Gasteiger partial charge in [0.2, 0.25) is 0 Å². The molecule has 1 saturated heterocycles. The third-order valence-corrected chi connectivity index (χ3v) is 6.22. The number of aliphatic hydroxyl groups excluding tert-OH is 1. The number of rotatable bonds is 8. The van der Waals surface area contributed by atoms with Crippen LogP contribution in [0.25, 0.3) is 10.8 Å². The summed E-state index contributed by atoms with van der Waals surface area (Å²) in [7, 11) is 3.36. The fraction of sp³-hybridized carbons (Fsp3) is 0.385. The molecule has 5 heteroatoms. The molecule has 1 heterocycles. The van der Waals surface area contributed by atoms with E-state index in [2.05, 4.69) is 64.4 Å². The smallest absolute Gasteiger partial charge is 0.122 e. The van der Waals surface area contributed by atoms with Crippen molar-refractivity contribution < 1.29 is 14.6 Å². The van der Waals surface area contributed by atoms with Gasteiger partial charge in [-0.25, -0.2) is 0 Å². The van der Waals surface area contributed by atoms with Crippen LogP contribution in [0.5, 0.6) is 11.5 Å². The molecule has 1 atom stereocenters. The standard InChI is InChI=1S/C26H32N2O3/c1-30-24-14-20(15-25(16-24)31-2)17-28-12-11-27(19-23(28)10-13-29)18-22-8-5-7-21-6-3-4-9-26(21)22/h3-9,14-16,23,29H,10-13,17-19H2,1-2H3/t23-/m0/s1. The lowest BCUT2D eigenvalue weighted by Crippen LogP contribution is -2.52. The zero-order valence-corrected chi connectivity index (χ0v) is 18.5. The van der Waals surface area contributed by atoms with Crippen LogP contribution < -0.4 is 9.47 Å². The summed E-state index contributed by atoms with van der Waals surface area (Å²) in [6, 6.07) is 21.5. The molecule has 0 aromatic heterocycles. The second-order valence-electron chi connectivity index (χ2n) is 8.23. The molecule has 3 aromatic carbocycles. The Hall–Kier alpha value is -2.60. The van der Waals surface area contributed by atoms with Gasteiger partial charge in [0, 0.05) is 51.4 Å². The van der Waals surface area contributed by atoms with Crippen LogP contribution in [0.2, 0.25) is 0 Å². The molecule has 0 radical (unpaired) electrons. The van der Waals surface area contributed by atoms with Crippen molar-refractivity contribution in [1.82, 2.24) is 9.80 Å². The number of aliphatic hydroxyl groups is 1. The van der Waals surface area contributed by atoms with Gasteiger partial charge in [-0.1, -0.05) is 42.5 Å². The lowest BCUT2D eigenvalue weighted by Gasteiger charge is -2.41. The minimum atomic E-state index is 0.199. The molecule has 0 bridgehead atoms. The predicted octanol–water partition coefficient (Wildman–Crippen LogP) is 3.93. The van der Waals surface area contributed by atoms with Gasteiger partial charge in [0.15, 0.2) is 0 Å². The Bertz CT molecular complexity index is 979. The van der Waals surface area contributed by atoms with Crippen LogP contribution in [0.3, 0.4) is 0 Å². The minimum absolute atomic E-state index is 0.199. The summed E-state index contributed by atoms with van der Waals surface area (Å²) in [6.45, 7) is 4.88. The molecule has 0 saturated carbocycles. The Morgan fingerprint density at radius 1 is 0.903 bits per heavy atom. The lowest BCUT2D eigenvalue weighted by atomic mass is 10.0. The van der Waals surface area contributed by atoms with Crippen molar-refractivity contribution in [3.63, 3.8) is 0 Å². The summed E-state index contributed by atoms with van der Waals surface area (Å²) in [5, 5.41) is 12.3. The summed E-state index contributed by atoms with van der Waals surface area (Å²) in [6.07, 6.45) is 0.771. The largest absolute Gasteiger partial charge is 0.497 e. The van der Waals surface area contributed by atoms with Crippen molar-refractivity contribution >= 4 is 10.8 Å². The summed E-state index contributed by atoms with van der Waals surface area (Å²) < 4.78 is 10.9. The summed E-state index contributed by atoms with van der Waals surface area (Å²) in [5.74, 6) is 1.62. The van der Waals surface area contributed by atoms with E-state index >= 15 is 0 Å². The Kier molecular flexibility index (Phi) is 7.07.